The lowest BCUT2D eigenvalue weighted by Crippen LogP contribution is -2.52. The van der Waals surface area contributed by atoms with Crippen molar-refractivity contribution in [2.45, 2.75) is 24.3 Å². The van der Waals surface area contributed by atoms with E-state index in [2.05, 4.69) is 6.07 Å². The minimum atomic E-state index is -0.134. The molecule has 0 radical (unpaired) electrons. The zero-order chi connectivity index (χ0) is 12.3. The Kier molecular flexibility index (Phi) is 4.05. The van der Waals surface area contributed by atoms with E-state index in [1.807, 2.05) is 18.2 Å². The van der Waals surface area contributed by atoms with Crippen molar-refractivity contribution >= 4 is 11.6 Å². The van der Waals surface area contributed by atoms with Gasteiger partial charge in [0.05, 0.1) is 0 Å². The molecule has 2 rings (SSSR count). The molecule has 0 aliphatic carbocycles. The minimum Gasteiger partial charge on any atom is -0.381 e. The standard InChI is InChI=1S/C13H19ClN2O/c14-11-4-2-1-3-10(11)13(12(16)9-15)5-7-17-8-6-13/h1-4,12H,5-9,15-16H2. The quantitative estimate of drug-likeness (QED) is 0.863. The Hall–Kier alpha value is -0.610. The van der Waals surface area contributed by atoms with E-state index in [1.54, 1.807) is 0 Å². The van der Waals surface area contributed by atoms with E-state index in [4.69, 9.17) is 27.8 Å². The van der Waals surface area contributed by atoms with Gasteiger partial charge in [-0.15, -0.1) is 0 Å². The predicted octanol–water partition coefficient (Wildman–Crippen LogP) is 1.67. The maximum atomic E-state index is 6.31. The largest absolute Gasteiger partial charge is 0.381 e. The van der Waals surface area contributed by atoms with Crippen molar-refractivity contribution in [1.82, 2.24) is 0 Å². The smallest absolute Gasteiger partial charge is 0.0475 e. The maximum absolute atomic E-state index is 6.31. The highest BCUT2D eigenvalue weighted by Crippen LogP contribution is 2.40. The highest BCUT2D eigenvalue weighted by Gasteiger charge is 2.40. The van der Waals surface area contributed by atoms with Crippen LogP contribution in [0.1, 0.15) is 18.4 Å². The van der Waals surface area contributed by atoms with E-state index in [0.717, 1.165) is 36.6 Å². The van der Waals surface area contributed by atoms with E-state index in [1.165, 1.54) is 0 Å². The number of halogens is 1. The van der Waals surface area contributed by atoms with Crippen molar-refractivity contribution in [1.29, 1.82) is 0 Å². The average Bonchev–Trinajstić information content (AvgIpc) is 2.39. The van der Waals surface area contributed by atoms with E-state index >= 15 is 0 Å². The third kappa shape index (κ3) is 2.33. The average molecular weight is 255 g/mol. The summed E-state index contributed by atoms with van der Waals surface area (Å²) < 4.78 is 5.44. The molecule has 1 saturated heterocycles. The predicted molar refractivity (Wildman–Crippen MR) is 70.2 cm³/mol. The first-order chi connectivity index (χ1) is 8.20. The summed E-state index contributed by atoms with van der Waals surface area (Å²) in [6.45, 7) is 1.91. The molecule has 17 heavy (non-hydrogen) atoms. The van der Waals surface area contributed by atoms with Gasteiger partial charge < -0.3 is 16.2 Å². The molecule has 0 bridgehead atoms. The summed E-state index contributed by atoms with van der Waals surface area (Å²) in [6.07, 6.45) is 1.77. The molecule has 1 atom stereocenters. The van der Waals surface area contributed by atoms with Crippen LogP contribution in [0.5, 0.6) is 0 Å². The van der Waals surface area contributed by atoms with Crippen molar-refractivity contribution < 1.29 is 4.74 Å². The van der Waals surface area contributed by atoms with Gasteiger partial charge in [0.2, 0.25) is 0 Å². The van der Waals surface area contributed by atoms with Gasteiger partial charge in [-0.1, -0.05) is 29.8 Å². The summed E-state index contributed by atoms with van der Waals surface area (Å²) in [5.74, 6) is 0. The fourth-order valence-corrected chi connectivity index (χ4v) is 2.99. The molecule has 0 saturated carbocycles. The molecule has 1 unspecified atom stereocenters. The summed E-state index contributed by atoms with van der Waals surface area (Å²) in [4.78, 5) is 0. The molecule has 1 heterocycles. The Bertz CT molecular complexity index is 377. The molecule has 1 aromatic rings. The lowest BCUT2D eigenvalue weighted by atomic mass is 9.69. The number of hydrogen-bond acceptors (Lipinski definition) is 3. The fraction of sp³-hybridized carbons (Fsp3) is 0.538. The van der Waals surface area contributed by atoms with E-state index in [9.17, 15) is 0 Å². The van der Waals surface area contributed by atoms with Crippen LogP contribution in [0.4, 0.5) is 0 Å². The third-order valence-electron chi connectivity index (χ3n) is 3.76. The van der Waals surface area contributed by atoms with E-state index in [0.29, 0.717) is 6.54 Å². The second kappa shape index (κ2) is 5.36. The van der Waals surface area contributed by atoms with Crippen molar-refractivity contribution in [2.24, 2.45) is 11.5 Å². The highest BCUT2D eigenvalue weighted by molar-refractivity contribution is 6.31. The van der Waals surface area contributed by atoms with Crippen molar-refractivity contribution in [2.75, 3.05) is 19.8 Å². The number of ether oxygens (including phenoxy) is 1. The van der Waals surface area contributed by atoms with Crippen LogP contribution in [0, 0.1) is 0 Å². The minimum absolute atomic E-state index is 0.0775. The van der Waals surface area contributed by atoms with Crippen molar-refractivity contribution in [3.05, 3.63) is 34.9 Å². The van der Waals surface area contributed by atoms with Crippen molar-refractivity contribution in [3.8, 4) is 0 Å². The van der Waals surface area contributed by atoms with Crippen LogP contribution in [-0.4, -0.2) is 25.8 Å². The molecular weight excluding hydrogens is 236 g/mol. The normalized spacial score (nSPS) is 21.1. The second-order valence-electron chi connectivity index (χ2n) is 4.59. The Morgan fingerprint density at radius 1 is 1.29 bits per heavy atom. The fourth-order valence-electron chi connectivity index (χ4n) is 2.67. The molecule has 4 N–H and O–H groups in total. The van der Waals surface area contributed by atoms with Gasteiger partial charge in [0.15, 0.2) is 0 Å². The highest BCUT2D eigenvalue weighted by atomic mass is 35.5. The summed E-state index contributed by atoms with van der Waals surface area (Å²) in [7, 11) is 0. The molecule has 1 fully saturated rings. The second-order valence-corrected chi connectivity index (χ2v) is 5.00. The van der Waals surface area contributed by atoms with Crippen LogP contribution in [0.15, 0.2) is 24.3 Å². The van der Waals surface area contributed by atoms with Crippen LogP contribution in [0.25, 0.3) is 0 Å². The van der Waals surface area contributed by atoms with Crippen LogP contribution < -0.4 is 11.5 Å². The first-order valence-electron chi connectivity index (χ1n) is 5.99. The Morgan fingerprint density at radius 3 is 2.53 bits per heavy atom. The zero-order valence-corrected chi connectivity index (χ0v) is 10.6. The van der Waals surface area contributed by atoms with Gasteiger partial charge in [0, 0.05) is 36.2 Å². The molecule has 0 aromatic heterocycles. The van der Waals surface area contributed by atoms with Gasteiger partial charge in [-0.2, -0.15) is 0 Å². The lowest BCUT2D eigenvalue weighted by Gasteiger charge is -2.42. The summed E-state index contributed by atoms with van der Waals surface area (Å²) in [5, 5.41) is 0.776. The zero-order valence-electron chi connectivity index (χ0n) is 9.86. The molecule has 3 nitrogen and oxygen atoms in total. The Morgan fingerprint density at radius 2 is 1.94 bits per heavy atom. The van der Waals surface area contributed by atoms with Crippen LogP contribution in [0.3, 0.4) is 0 Å². The van der Waals surface area contributed by atoms with Gasteiger partial charge in [0.1, 0.15) is 0 Å². The Balaban J connectivity index is 2.42. The number of rotatable bonds is 3. The van der Waals surface area contributed by atoms with Gasteiger partial charge >= 0.3 is 0 Å². The molecule has 94 valence electrons. The van der Waals surface area contributed by atoms with Gasteiger partial charge in [0.25, 0.3) is 0 Å². The van der Waals surface area contributed by atoms with Gasteiger partial charge in [-0.05, 0) is 24.5 Å². The van der Waals surface area contributed by atoms with Crippen LogP contribution >= 0.6 is 11.6 Å². The summed E-state index contributed by atoms with van der Waals surface area (Å²) >= 11 is 6.31. The molecule has 1 aliphatic heterocycles. The molecule has 1 aliphatic rings. The SMILES string of the molecule is NCC(N)C1(c2ccccc2Cl)CCOCC1. The molecule has 0 amide bonds. The first kappa shape index (κ1) is 12.8. The van der Waals surface area contributed by atoms with Gasteiger partial charge in [-0.3, -0.25) is 0 Å². The number of hydrogen-bond donors (Lipinski definition) is 2. The Labute approximate surface area is 107 Å². The first-order valence-corrected chi connectivity index (χ1v) is 6.37. The topological polar surface area (TPSA) is 61.3 Å². The maximum Gasteiger partial charge on any atom is 0.0475 e. The van der Waals surface area contributed by atoms with Crippen LogP contribution in [0.2, 0.25) is 5.02 Å². The monoisotopic (exact) mass is 254 g/mol. The lowest BCUT2D eigenvalue weighted by molar-refractivity contribution is 0.0411. The third-order valence-corrected chi connectivity index (χ3v) is 4.09. The van der Waals surface area contributed by atoms with Crippen LogP contribution in [-0.2, 0) is 10.2 Å². The number of nitrogens with two attached hydrogens (primary N) is 2. The molecule has 4 heteroatoms. The summed E-state index contributed by atoms with van der Waals surface area (Å²) in [5.41, 5.74) is 13.0. The van der Waals surface area contributed by atoms with E-state index < -0.39 is 0 Å². The molecule has 0 spiro atoms. The van der Waals surface area contributed by atoms with Crippen molar-refractivity contribution in [3.63, 3.8) is 0 Å². The molecular formula is C13H19ClN2O. The summed E-state index contributed by atoms with van der Waals surface area (Å²) in [6, 6.07) is 7.83. The molecule has 1 aromatic carbocycles. The van der Waals surface area contributed by atoms with Gasteiger partial charge in [-0.25, -0.2) is 0 Å². The number of benzene rings is 1. The van der Waals surface area contributed by atoms with E-state index in [-0.39, 0.29) is 11.5 Å².